The minimum absolute atomic E-state index is 0.0771. The van der Waals surface area contributed by atoms with Gasteiger partial charge in [-0.2, -0.15) is 5.10 Å². The van der Waals surface area contributed by atoms with Gasteiger partial charge in [0.15, 0.2) is 0 Å². The molecule has 7 nitrogen and oxygen atoms in total. The van der Waals surface area contributed by atoms with Crippen LogP contribution in [0.15, 0.2) is 30.5 Å². The third-order valence-corrected chi connectivity index (χ3v) is 5.46. The third-order valence-electron chi connectivity index (χ3n) is 5.46. The molecule has 0 unspecified atom stereocenters. The van der Waals surface area contributed by atoms with Crippen LogP contribution in [0.1, 0.15) is 40.5 Å². The Morgan fingerprint density at radius 1 is 1.29 bits per heavy atom. The lowest BCUT2D eigenvalue weighted by atomic mass is 9.93. The first-order chi connectivity index (χ1) is 13.5. The van der Waals surface area contributed by atoms with Gasteiger partial charge < -0.3 is 19.5 Å². The van der Waals surface area contributed by atoms with Crippen molar-refractivity contribution < 1.29 is 9.53 Å². The van der Waals surface area contributed by atoms with Crippen LogP contribution in [0.2, 0.25) is 0 Å². The molecule has 1 fully saturated rings. The Morgan fingerprint density at radius 3 is 2.79 bits per heavy atom. The van der Waals surface area contributed by atoms with Crippen molar-refractivity contribution in [1.29, 1.82) is 0 Å². The van der Waals surface area contributed by atoms with Crippen molar-refractivity contribution >= 4 is 16.8 Å². The van der Waals surface area contributed by atoms with Crippen molar-refractivity contribution in [2.75, 3.05) is 34.3 Å². The van der Waals surface area contributed by atoms with Crippen molar-refractivity contribution in [2.24, 2.45) is 0 Å². The minimum Gasteiger partial charge on any atom is -0.497 e. The average molecular weight is 381 g/mol. The van der Waals surface area contributed by atoms with E-state index in [1.54, 1.807) is 13.3 Å². The van der Waals surface area contributed by atoms with Crippen molar-refractivity contribution in [3.05, 3.63) is 47.4 Å². The number of amides is 1. The van der Waals surface area contributed by atoms with Crippen molar-refractivity contribution in [2.45, 2.75) is 25.3 Å². The first-order valence-corrected chi connectivity index (χ1v) is 9.68. The van der Waals surface area contributed by atoms with Crippen LogP contribution in [0.4, 0.5) is 0 Å². The second kappa shape index (κ2) is 7.67. The number of aromatic amines is 2. The number of likely N-dealkylation sites (tertiary alicyclic amines) is 1. The normalized spacial score (nSPS) is 15.5. The minimum atomic E-state index is 0.0771. The SMILES string of the molecule is COc1ccc2[nH]cc(C(=O)N3CCC(c4cc(CN(C)C)[nH]n4)CC3)c2c1. The van der Waals surface area contributed by atoms with Crippen LogP contribution >= 0.6 is 0 Å². The molecule has 3 heterocycles. The van der Waals surface area contributed by atoms with Crippen LogP contribution in [-0.2, 0) is 6.54 Å². The molecule has 3 aromatic rings. The number of nitrogens with one attached hydrogen (secondary N) is 2. The molecule has 0 aliphatic carbocycles. The molecule has 4 rings (SSSR count). The number of rotatable bonds is 5. The Morgan fingerprint density at radius 2 is 2.07 bits per heavy atom. The van der Waals surface area contributed by atoms with E-state index < -0.39 is 0 Å². The summed E-state index contributed by atoms with van der Waals surface area (Å²) in [5.74, 6) is 1.24. The molecule has 2 N–H and O–H groups in total. The van der Waals surface area contributed by atoms with E-state index in [1.807, 2.05) is 37.2 Å². The number of methoxy groups -OCH3 is 1. The number of carbonyl (C=O) groups excluding carboxylic acids is 1. The molecule has 28 heavy (non-hydrogen) atoms. The van der Waals surface area contributed by atoms with Gasteiger partial charge in [-0.25, -0.2) is 0 Å². The van der Waals surface area contributed by atoms with E-state index >= 15 is 0 Å². The van der Waals surface area contributed by atoms with Gasteiger partial charge in [-0.1, -0.05) is 0 Å². The molecule has 0 radical (unpaired) electrons. The number of piperidine rings is 1. The Kier molecular flexibility index (Phi) is 5.09. The molecular formula is C21H27N5O2. The third kappa shape index (κ3) is 3.62. The number of benzene rings is 1. The van der Waals surface area contributed by atoms with Crippen molar-refractivity contribution in [3.63, 3.8) is 0 Å². The molecule has 1 aliphatic rings. The maximum absolute atomic E-state index is 13.1. The number of fused-ring (bicyclic) bond motifs is 1. The molecular weight excluding hydrogens is 354 g/mol. The van der Waals surface area contributed by atoms with E-state index in [-0.39, 0.29) is 5.91 Å². The van der Waals surface area contributed by atoms with E-state index in [9.17, 15) is 4.79 Å². The summed E-state index contributed by atoms with van der Waals surface area (Å²) in [7, 11) is 5.73. The van der Waals surface area contributed by atoms with Crippen molar-refractivity contribution in [1.82, 2.24) is 25.0 Å². The number of aromatic nitrogens is 3. The molecule has 7 heteroatoms. The smallest absolute Gasteiger partial charge is 0.256 e. The Hall–Kier alpha value is -2.80. The average Bonchev–Trinajstić information content (AvgIpc) is 3.33. The molecule has 1 aliphatic heterocycles. The zero-order valence-electron chi connectivity index (χ0n) is 16.7. The highest BCUT2D eigenvalue weighted by Crippen LogP contribution is 2.30. The van der Waals surface area contributed by atoms with Gasteiger partial charge in [0.25, 0.3) is 5.91 Å². The van der Waals surface area contributed by atoms with Gasteiger partial charge in [0.1, 0.15) is 5.75 Å². The summed E-state index contributed by atoms with van der Waals surface area (Å²) >= 11 is 0. The highest BCUT2D eigenvalue weighted by atomic mass is 16.5. The highest BCUT2D eigenvalue weighted by molar-refractivity contribution is 6.07. The quantitative estimate of drug-likeness (QED) is 0.712. The Bertz CT molecular complexity index is 966. The zero-order valence-corrected chi connectivity index (χ0v) is 16.7. The van der Waals surface area contributed by atoms with Gasteiger partial charge in [-0.15, -0.1) is 0 Å². The summed E-state index contributed by atoms with van der Waals surface area (Å²) < 4.78 is 5.31. The number of H-pyrrole nitrogens is 2. The molecule has 0 spiro atoms. The molecule has 148 valence electrons. The number of nitrogens with zero attached hydrogens (tertiary/aromatic N) is 3. The predicted molar refractivity (Wildman–Crippen MR) is 109 cm³/mol. The molecule has 2 aromatic heterocycles. The van der Waals surface area contributed by atoms with Gasteiger partial charge in [0, 0.05) is 48.3 Å². The van der Waals surface area contributed by atoms with Crippen molar-refractivity contribution in [3.8, 4) is 5.75 Å². The molecule has 1 saturated heterocycles. The second-order valence-electron chi connectivity index (χ2n) is 7.74. The monoisotopic (exact) mass is 381 g/mol. The lowest BCUT2D eigenvalue weighted by molar-refractivity contribution is 0.0714. The van der Waals surface area contributed by atoms with Crippen LogP contribution < -0.4 is 4.74 Å². The number of ether oxygens (including phenoxy) is 1. The van der Waals surface area contributed by atoms with Crippen LogP contribution in [0.3, 0.4) is 0 Å². The first kappa shape index (κ1) is 18.6. The maximum atomic E-state index is 13.1. The fourth-order valence-corrected chi connectivity index (χ4v) is 3.96. The summed E-state index contributed by atoms with van der Waals surface area (Å²) in [4.78, 5) is 20.3. The van der Waals surface area contributed by atoms with Crippen LogP contribution in [0.25, 0.3) is 10.9 Å². The topological polar surface area (TPSA) is 77.3 Å². The van der Waals surface area contributed by atoms with E-state index in [1.165, 1.54) is 0 Å². The zero-order chi connectivity index (χ0) is 19.7. The predicted octanol–water partition coefficient (Wildman–Crippen LogP) is 2.98. The fourth-order valence-electron chi connectivity index (χ4n) is 3.96. The first-order valence-electron chi connectivity index (χ1n) is 9.68. The van der Waals surface area contributed by atoms with E-state index in [4.69, 9.17) is 4.74 Å². The van der Waals surface area contributed by atoms with Gasteiger partial charge >= 0.3 is 0 Å². The largest absolute Gasteiger partial charge is 0.497 e. The molecule has 0 saturated carbocycles. The van der Waals surface area contributed by atoms with Crippen LogP contribution in [-0.4, -0.2) is 65.2 Å². The fraction of sp³-hybridized carbons (Fsp3) is 0.429. The molecule has 0 atom stereocenters. The van der Waals surface area contributed by atoms with E-state index in [0.717, 1.165) is 60.5 Å². The number of carbonyl (C=O) groups is 1. The summed E-state index contributed by atoms with van der Waals surface area (Å²) in [5.41, 5.74) is 3.90. The Labute approximate surface area is 164 Å². The summed E-state index contributed by atoms with van der Waals surface area (Å²) in [6.07, 6.45) is 3.67. The standard InChI is InChI=1S/C21H27N5O2/c1-25(2)13-15-10-20(24-23-15)14-6-8-26(9-7-14)21(27)18-12-22-19-5-4-16(28-3)11-17(18)19/h4-5,10-12,14,22H,6-9,13H2,1-3H3,(H,23,24). The van der Waals surface area contributed by atoms with Gasteiger partial charge in [-0.3, -0.25) is 9.89 Å². The lowest BCUT2D eigenvalue weighted by Gasteiger charge is -2.31. The van der Waals surface area contributed by atoms with Crippen LogP contribution in [0, 0.1) is 0 Å². The maximum Gasteiger partial charge on any atom is 0.256 e. The molecule has 1 aromatic carbocycles. The summed E-state index contributed by atoms with van der Waals surface area (Å²) in [6.45, 7) is 2.35. The highest BCUT2D eigenvalue weighted by Gasteiger charge is 2.27. The van der Waals surface area contributed by atoms with Gasteiger partial charge in [0.2, 0.25) is 0 Å². The molecule has 0 bridgehead atoms. The van der Waals surface area contributed by atoms with Gasteiger partial charge in [-0.05, 0) is 51.2 Å². The van der Waals surface area contributed by atoms with E-state index in [0.29, 0.717) is 11.5 Å². The number of hydrogen-bond acceptors (Lipinski definition) is 4. The Balaban J connectivity index is 1.44. The molecule has 1 amide bonds. The van der Waals surface area contributed by atoms with Gasteiger partial charge in [0.05, 0.1) is 18.4 Å². The van der Waals surface area contributed by atoms with E-state index in [2.05, 4.69) is 26.1 Å². The van der Waals surface area contributed by atoms with Crippen LogP contribution in [0.5, 0.6) is 5.75 Å². The summed E-state index contributed by atoms with van der Waals surface area (Å²) in [6, 6.07) is 7.92. The number of hydrogen-bond donors (Lipinski definition) is 2. The summed E-state index contributed by atoms with van der Waals surface area (Å²) in [5, 5.41) is 8.54. The lowest BCUT2D eigenvalue weighted by Crippen LogP contribution is -2.37. The second-order valence-corrected chi connectivity index (χ2v) is 7.74.